The van der Waals surface area contributed by atoms with Crippen molar-refractivity contribution in [1.82, 2.24) is 23.9 Å². The molecule has 1 fully saturated rings. The molecule has 1 aromatic carbocycles. The van der Waals surface area contributed by atoms with E-state index in [2.05, 4.69) is 15.4 Å². The van der Waals surface area contributed by atoms with Gasteiger partial charge >= 0.3 is 0 Å². The first-order chi connectivity index (χ1) is 17.2. The molecule has 5 rings (SSSR count). The van der Waals surface area contributed by atoms with Crippen molar-refractivity contribution in [2.75, 3.05) is 18.4 Å². The summed E-state index contributed by atoms with van der Waals surface area (Å²) in [5.41, 5.74) is 3.48. The third-order valence-electron chi connectivity index (χ3n) is 6.23. The third-order valence-corrected chi connectivity index (χ3v) is 9.23. The number of hydrogen-bond donors (Lipinski definition) is 1. The molecule has 0 spiro atoms. The van der Waals surface area contributed by atoms with Gasteiger partial charge in [-0.2, -0.15) is 13.9 Å². The maximum absolute atomic E-state index is 13.5. The van der Waals surface area contributed by atoms with Crippen molar-refractivity contribution in [3.05, 3.63) is 75.2 Å². The fourth-order valence-corrected chi connectivity index (χ4v) is 7.44. The molecule has 1 atom stereocenters. The van der Waals surface area contributed by atoms with Crippen molar-refractivity contribution < 1.29 is 8.42 Å². The van der Waals surface area contributed by atoms with Crippen LogP contribution in [0.1, 0.15) is 30.0 Å². The maximum Gasteiger partial charge on any atom is 0.246 e. The lowest BCUT2D eigenvalue weighted by molar-refractivity contribution is 0.313. The smallest absolute Gasteiger partial charge is 0.246 e. The van der Waals surface area contributed by atoms with Crippen LogP contribution in [0.15, 0.2) is 53.8 Å². The summed E-state index contributed by atoms with van der Waals surface area (Å²) < 4.78 is 30.3. The van der Waals surface area contributed by atoms with E-state index in [9.17, 15) is 8.42 Å². The zero-order valence-corrected chi connectivity index (χ0v) is 22.4. The van der Waals surface area contributed by atoms with Crippen molar-refractivity contribution in [3.8, 4) is 0 Å². The van der Waals surface area contributed by atoms with Crippen LogP contribution < -0.4 is 10.8 Å². The molecule has 0 aliphatic carbocycles. The van der Waals surface area contributed by atoms with Crippen LogP contribution in [0.5, 0.6) is 0 Å². The molecule has 4 heterocycles. The Kier molecular flexibility index (Phi) is 7.15. The number of piperidine rings is 1. The number of benzene rings is 1. The van der Waals surface area contributed by atoms with Crippen LogP contribution in [0, 0.1) is 0 Å². The Hall–Kier alpha value is -2.37. The average molecular weight is 564 g/mol. The molecular formula is C23H22BCl3N6O2S. The molecule has 0 bridgehead atoms. The number of sulfonamides is 1. The highest BCUT2D eigenvalue weighted by Crippen LogP contribution is 2.37. The number of halogens is 3. The molecule has 4 aromatic rings. The number of aromatic nitrogens is 4. The summed E-state index contributed by atoms with van der Waals surface area (Å²) in [6.45, 7) is 1.19. The Morgan fingerprint density at radius 3 is 2.64 bits per heavy atom. The lowest BCUT2D eigenvalue weighted by atomic mass is 9.95. The van der Waals surface area contributed by atoms with E-state index in [0.717, 1.165) is 34.6 Å². The van der Waals surface area contributed by atoms with Gasteiger partial charge in [0.2, 0.25) is 10.0 Å². The number of nitrogens with one attached hydrogen (secondary N) is 1. The Bertz CT molecular complexity index is 1510. The highest BCUT2D eigenvalue weighted by Gasteiger charge is 2.34. The van der Waals surface area contributed by atoms with E-state index >= 15 is 0 Å². The normalized spacial score (nSPS) is 16.9. The van der Waals surface area contributed by atoms with Gasteiger partial charge in [-0.1, -0.05) is 40.9 Å². The monoisotopic (exact) mass is 562 g/mol. The highest BCUT2D eigenvalue weighted by atomic mass is 35.5. The molecular weight excluding hydrogens is 542 g/mol. The molecule has 3 aromatic heterocycles. The first kappa shape index (κ1) is 25.3. The van der Waals surface area contributed by atoms with Crippen LogP contribution in [0.4, 0.5) is 5.82 Å². The second-order valence-electron chi connectivity index (χ2n) is 8.74. The summed E-state index contributed by atoms with van der Waals surface area (Å²) >= 11 is 18.5. The fraction of sp³-hybridized carbons (Fsp3) is 0.261. The molecule has 8 nitrogen and oxygen atoms in total. The minimum absolute atomic E-state index is 0.00550. The van der Waals surface area contributed by atoms with Gasteiger partial charge in [0.25, 0.3) is 0 Å². The summed E-state index contributed by atoms with van der Waals surface area (Å²) in [5, 5.41) is 8.18. The van der Waals surface area contributed by atoms with Crippen LogP contribution >= 0.6 is 34.8 Å². The standard InChI is InChI=1S/C23H22BCl3N6O2S/c24-17-12-30-33-21(29-11-14-3-1-5-28-10-14)9-20(31-23(17)33)15-4-2-6-32(13-15)36(34,35)22-18(26)7-16(25)8-19(22)27/h1,3,5,7-10,12,15,29H,2,4,6,11,13,24H2. The first-order valence-corrected chi connectivity index (χ1v) is 13.9. The van der Waals surface area contributed by atoms with E-state index in [0.29, 0.717) is 19.5 Å². The topological polar surface area (TPSA) is 92.5 Å². The van der Waals surface area contributed by atoms with Crippen molar-refractivity contribution in [2.24, 2.45) is 0 Å². The number of pyridine rings is 1. The summed E-state index contributed by atoms with van der Waals surface area (Å²) in [6.07, 6.45) is 6.78. The van der Waals surface area contributed by atoms with Gasteiger partial charge in [-0.05, 0) is 42.1 Å². The maximum atomic E-state index is 13.5. The Morgan fingerprint density at radius 1 is 1.14 bits per heavy atom. The SMILES string of the molecule is Bc1cnn2c(NCc3cccnc3)cc(C3CCCN(S(=O)(=O)c4c(Cl)cc(Cl)cc4Cl)C3)nc12. The van der Waals surface area contributed by atoms with Gasteiger partial charge in [-0.25, -0.2) is 13.4 Å². The molecule has 1 aliphatic heterocycles. The summed E-state index contributed by atoms with van der Waals surface area (Å²) in [4.78, 5) is 8.91. The van der Waals surface area contributed by atoms with Gasteiger partial charge in [-0.3, -0.25) is 4.98 Å². The van der Waals surface area contributed by atoms with Crippen molar-refractivity contribution in [2.45, 2.75) is 30.2 Å². The Morgan fingerprint density at radius 2 is 1.92 bits per heavy atom. The lowest BCUT2D eigenvalue weighted by Gasteiger charge is -2.32. The van der Waals surface area contributed by atoms with Gasteiger partial charge < -0.3 is 5.32 Å². The van der Waals surface area contributed by atoms with Crippen LogP contribution in [0.3, 0.4) is 0 Å². The number of anilines is 1. The minimum atomic E-state index is -3.93. The molecule has 0 radical (unpaired) electrons. The molecule has 0 saturated carbocycles. The van der Waals surface area contributed by atoms with Gasteiger partial charge in [0.1, 0.15) is 18.6 Å². The number of nitrogens with zero attached hydrogens (tertiary/aromatic N) is 5. The third kappa shape index (κ3) is 4.93. The Labute approximate surface area is 225 Å². The Balaban J connectivity index is 1.46. The number of fused-ring (bicyclic) bond motifs is 1. The second-order valence-corrected chi connectivity index (χ2v) is 11.9. The van der Waals surface area contributed by atoms with E-state index in [1.165, 1.54) is 16.4 Å². The summed E-state index contributed by atoms with van der Waals surface area (Å²) in [6, 6.07) is 8.60. The number of rotatable bonds is 6. The largest absolute Gasteiger partial charge is 0.366 e. The molecule has 186 valence electrons. The second kappa shape index (κ2) is 10.2. The molecule has 13 heteroatoms. The van der Waals surface area contributed by atoms with Crippen molar-refractivity contribution in [3.63, 3.8) is 0 Å². The predicted molar refractivity (Wildman–Crippen MR) is 145 cm³/mol. The first-order valence-electron chi connectivity index (χ1n) is 11.4. The number of hydrogen-bond acceptors (Lipinski definition) is 6. The van der Waals surface area contributed by atoms with E-state index in [1.807, 2.05) is 26.0 Å². The predicted octanol–water partition coefficient (Wildman–Crippen LogP) is 3.52. The lowest BCUT2D eigenvalue weighted by Crippen LogP contribution is -2.39. The highest BCUT2D eigenvalue weighted by molar-refractivity contribution is 7.89. The minimum Gasteiger partial charge on any atom is -0.366 e. The zero-order chi connectivity index (χ0) is 25.4. The van der Waals surface area contributed by atoms with E-state index in [4.69, 9.17) is 39.8 Å². The molecule has 1 aliphatic rings. The van der Waals surface area contributed by atoms with Crippen molar-refractivity contribution in [1.29, 1.82) is 0 Å². The fourth-order valence-electron chi connectivity index (χ4n) is 4.43. The summed E-state index contributed by atoms with van der Waals surface area (Å²) in [7, 11) is -1.98. The molecule has 36 heavy (non-hydrogen) atoms. The molecule has 1 N–H and O–H groups in total. The van der Waals surface area contributed by atoms with Gasteiger partial charge in [-0.15, -0.1) is 0 Å². The van der Waals surface area contributed by atoms with Gasteiger partial charge in [0, 0.05) is 55.2 Å². The van der Waals surface area contributed by atoms with E-state index in [1.54, 1.807) is 23.1 Å². The van der Waals surface area contributed by atoms with Crippen LogP contribution in [-0.2, 0) is 16.6 Å². The van der Waals surface area contributed by atoms with Crippen LogP contribution in [-0.4, -0.2) is 53.2 Å². The van der Waals surface area contributed by atoms with E-state index < -0.39 is 10.0 Å². The quantitative estimate of drug-likeness (QED) is 0.361. The zero-order valence-electron chi connectivity index (χ0n) is 19.3. The van der Waals surface area contributed by atoms with Crippen LogP contribution in [0.25, 0.3) is 5.65 Å². The summed E-state index contributed by atoms with van der Waals surface area (Å²) in [5.74, 6) is 0.660. The average Bonchev–Trinajstić information content (AvgIpc) is 3.23. The molecule has 1 saturated heterocycles. The van der Waals surface area contributed by atoms with E-state index in [-0.39, 0.29) is 32.4 Å². The molecule has 1 unspecified atom stereocenters. The van der Waals surface area contributed by atoms with Gasteiger partial charge in [0.05, 0.1) is 15.7 Å². The molecule has 0 amide bonds. The van der Waals surface area contributed by atoms with Crippen LogP contribution in [0.2, 0.25) is 15.1 Å². The van der Waals surface area contributed by atoms with Gasteiger partial charge in [0.15, 0.2) is 5.65 Å². The van der Waals surface area contributed by atoms with Crippen molar-refractivity contribution >= 4 is 69.6 Å².